The topological polar surface area (TPSA) is 9.23 Å². The third kappa shape index (κ3) is 5.58. The summed E-state index contributed by atoms with van der Waals surface area (Å²) < 4.78 is 8.05. The van der Waals surface area contributed by atoms with Crippen molar-refractivity contribution in [2.24, 2.45) is 0 Å². The third-order valence-electron chi connectivity index (χ3n) is 7.06. The summed E-state index contributed by atoms with van der Waals surface area (Å²) in [6.45, 7) is 4.61. The second-order valence-corrected chi connectivity index (χ2v) is 16.9. The summed E-state index contributed by atoms with van der Waals surface area (Å²) in [5, 5.41) is 5.44. The lowest BCUT2D eigenvalue weighted by atomic mass is 10.3. The van der Waals surface area contributed by atoms with Gasteiger partial charge in [-0.1, -0.05) is 161 Å². The molecule has 0 bridgehead atoms. The molecular weight excluding hydrogens is 457 g/mol. The minimum absolute atomic E-state index is 1.16. The van der Waals surface area contributed by atoms with Gasteiger partial charge in [0.2, 0.25) is 8.32 Å². The van der Waals surface area contributed by atoms with E-state index in [1.165, 1.54) is 46.4 Å². The summed E-state index contributed by atoms with van der Waals surface area (Å²) in [6.07, 6.45) is 4.78. The van der Waals surface area contributed by atoms with E-state index in [0.717, 1.165) is 12.1 Å². The van der Waals surface area contributed by atoms with Crippen LogP contribution in [0.1, 0.15) is 39.5 Å². The average molecular weight is 495 g/mol. The first-order valence-electron chi connectivity index (χ1n) is 13.2. The van der Waals surface area contributed by atoms with Crippen molar-refractivity contribution in [2.45, 2.75) is 51.6 Å². The number of rotatable bonds is 12. The van der Waals surface area contributed by atoms with Gasteiger partial charge in [0.15, 0.2) is 0 Å². The van der Waals surface area contributed by atoms with Crippen LogP contribution < -0.4 is 20.7 Å². The molecule has 0 N–H and O–H groups in total. The highest BCUT2D eigenvalue weighted by Crippen LogP contribution is 2.28. The summed E-state index contributed by atoms with van der Waals surface area (Å²) in [4.78, 5) is 0. The van der Waals surface area contributed by atoms with Gasteiger partial charge >= 0.3 is 0 Å². The molecule has 0 fully saturated rings. The highest BCUT2D eigenvalue weighted by molar-refractivity contribution is 7.12. The van der Waals surface area contributed by atoms with Crippen LogP contribution in [0, 0.1) is 0 Å². The van der Waals surface area contributed by atoms with E-state index in [4.69, 9.17) is 4.12 Å². The van der Waals surface area contributed by atoms with E-state index < -0.39 is 16.6 Å². The van der Waals surface area contributed by atoms with Gasteiger partial charge < -0.3 is 4.12 Å². The van der Waals surface area contributed by atoms with Crippen molar-refractivity contribution in [3.05, 3.63) is 121 Å². The smallest absolute Gasteiger partial charge is 0.278 e. The molecule has 0 saturated heterocycles. The Balaban J connectivity index is 2.02. The van der Waals surface area contributed by atoms with Crippen molar-refractivity contribution in [1.82, 2.24) is 0 Å². The van der Waals surface area contributed by atoms with Gasteiger partial charge in [-0.05, 0) is 32.8 Å². The van der Waals surface area contributed by atoms with Crippen molar-refractivity contribution in [3.63, 3.8) is 0 Å². The first-order valence-corrected chi connectivity index (χ1v) is 17.4. The van der Waals surface area contributed by atoms with E-state index in [-0.39, 0.29) is 0 Å². The number of hydrogen-bond donors (Lipinski definition) is 0. The number of unbranched alkanes of at least 4 members (excludes halogenated alkanes) is 2. The van der Waals surface area contributed by atoms with Crippen molar-refractivity contribution in [1.29, 1.82) is 0 Å². The van der Waals surface area contributed by atoms with Gasteiger partial charge in [-0.3, -0.25) is 0 Å². The monoisotopic (exact) mass is 494 g/mol. The van der Waals surface area contributed by atoms with E-state index in [9.17, 15) is 0 Å². The zero-order chi connectivity index (χ0) is 24.4. The lowest BCUT2D eigenvalue weighted by Gasteiger charge is -2.44. The Kier molecular flexibility index (Phi) is 8.92. The van der Waals surface area contributed by atoms with Crippen molar-refractivity contribution >= 4 is 37.4 Å². The summed E-state index contributed by atoms with van der Waals surface area (Å²) >= 11 is 0. The van der Waals surface area contributed by atoms with Crippen molar-refractivity contribution < 1.29 is 4.12 Å². The minimum atomic E-state index is -2.78. The lowest BCUT2D eigenvalue weighted by molar-refractivity contribution is 0.551. The predicted molar refractivity (Wildman–Crippen MR) is 156 cm³/mol. The zero-order valence-electron chi connectivity index (χ0n) is 21.2. The van der Waals surface area contributed by atoms with E-state index in [1.54, 1.807) is 0 Å². The Morgan fingerprint density at radius 2 is 0.771 bits per heavy atom. The Morgan fingerprint density at radius 3 is 1.09 bits per heavy atom. The van der Waals surface area contributed by atoms with Crippen LogP contribution in [0.5, 0.6) is 0 Å². The second kappa shape index (κ2) is 12.3. The Labute approximate surface area is 214 Å². The highest BCUT2D eigenvalue weighted by atomic mass is 28.4. The first kappa shape index (κ1) is 25.4. The molecule has 4 rings (SSSR count). The van der Waals surface area contributed by atoms with Gasteiger partial charge in [0.25, 0.3) is 8.32 Å². The van der Waals surface area contributed by atoms with Crippen LogP contribution in [-0.4, -0.2) is 16.6 Å². The molecule has 3 heteroatoms. The van der Waals surface area contributed by atoms with Crippen LogP contribution in [-0.2, 0) is 4.12 Å². The lowest BCUT2D eigenvalue weighted by Crippen LogP contribution is -2.75. The van der Waals surface area contributed by atoms with Gasteiger partial charge in [-0.25, -0.2) is 0 Å². The molecule has 35 heavy (non-hydrogen) atoms. The molecule has 0 aliphatic carbocycles. The van der Waals surface area contributed by atoms with Crippen LogP contribution in [0.4, 0.5) is 0 Å². The van der Waals surface area contributed by atoms with Crippen molar-refractivity contribution in [2.75, 3.05) is 0 Å². The fraction of sp³-hybridized carbons (Fsp3) is 0.250. The molecule has 4 aromatic carbocycles. The molecule has 0 aliphatic heterocycles. The largest absolute Gasteiger partial charge is 0.442 e. The Morgan fingerprint density at radius 1 is 0.457 bits per heavy atom. The standard InChI is InChI=1S/C32H38OSi2/c1-3-5-27-34(28-6-4-2,29-19-11-7-12-20-29)33-35(30-21-13-8-14-22-30,31-23-15-9-16-24-31)32-25-17-10-18-26-32/h7-26H,3-6,27-28H2,1-2H3. The summed E-state index contributed by atoms with van der Waals surface area (Å²) in [7, 11) is -5.12. The van der Waals surface area contributed by atoms with Crippen LogP contribution in [0.25, 0.3) is 0 Å². The number of hydrogen-bond acceptors (Lipinski definition) is 1. The number of benzene rings is 4. The van der Waals surface area contributed by atoms with Gasteiger partial charge in [-0.15, -0.1) is 0 Å². The third-order valence-corrected chi connectivity index (χ3v) is 17.0. The molecule has 0 heterocycles. The fourth-order valence-corrected chi connectivity index (χ4v) is 16.7. The van der Waals surface area contributed by atoms with E-state index in [0.29, 0.717) is 0 Å². The van der Waals surface area contributed by atoms with E-state index in [1.807, 2.05) is 0 Å². The molecule has 0 atom stereocenters. The Hall–Kier alpha value is -2.73. The van der Waals surface area contributed by atoms with Gasteiger partial charge in [0, 0.05) is 0 Å². The molecular formula is C32H38OSi2. The maximum absolute atomic E-state index is 8.05. The summed E-state index contributed by atoms with van der Waals surface area (Å²) in [5.74, 6) is 0. The molecule has 1 nitrogen and oxygen atoms in total. The second-order valence-electron chi connectivity index (χ2n) is 9.45. The van der Waals surface area contributed by atoms with Crippen molar-refractivity contribution in [3.8, 4) is 0 Å². The van der Waals surface area contributed by atoms with Crippen LogP contribution in [0.15, 0.2) is 121 Å². The summed E-state index contributed by atoms with van der Waals surface area (Å²) in [6, 6.07) is 46.8. The van der Waals surface area contributed by atoms with Gasteiger partial charge in [0.05, 0.1) is 0 Å². The normalized spacial score (nSPS) is 11.9. The maximum Gasteiger partial charge on any atom is 0.278 e. The molecule has 0 saturated carbocycles. The van der Waals surface area contributed by atoms with Crippen LogP contribution in [0.2, 0.25) is 12.1 Å². The van der Waals surface area contributed by atoms with Crippen LogP contribution >= 0.6 is 0 Å². The van der Waals surface area contributed by atoms with Crippen LogP contribution in [0.3, 0.4) is 0 Å². The van der Waals surface area contributed by atoms with Gasteiger partial charge in [-0.2, -0.15) is 0 Å². The Bertz CT molecular complexity index is 1030. The van der Waals surface area contributed by atoms with E-state index >= 15 is 0 Å². The quantitative estimate of drug-likeness (QED) is 0.170. The summed E-state index contributed by atoms with van der Waals surface area (Å²) in [5.41, 5.74) is 0. The predicted octanol–water partition coefficient (Wildman–Crippen LogP) is 6.12. The molecule has 0 aliphatic rings. The maximum atomic E-state index is 8.05. The molecule has 0 amide bonds. The highest BCUT2D eigenvalue weighted by Gasteiger charge is 2.49. The van der Waals surface area contributed by atoms with E-state index in [2.05, 4.69) is 135 Å². The van der Waals surface area contributed by atoms with Gasteiger partial charge in [0.1, 0.15) is 0 Å². The molecule has 4 aromatic rings. The molecule has 0 unspecified atom stereocenters. The molecule has 0 radical (unpaired) electrons. The fourth-order valence-electron chi connectivity index (χ4n) is 5.23. The SMILES string of the molecule is CCCC[Si](CCCC)(O[Si](c1ccccc1)(c1ccccc1)c1ccccc1)c1ccccc1. The first-order chi connectivity index (χ1) is 17.2. The molecule has 0 spiro atoms. The zero-order valence-corrected chi connectivity index (χ0v) is 23.2. The minimum Gasteiger partial charge on any atom is -0.442 e. The average Bonchev–Trinajstić information content (AvgIpc) is 2.95. The molecule has 180 valence electrons. The molecule has 0 aromatic heterocycles.